The second kappa shape index (κ2) is 8.02. The van der Waals surface area contributed by atoms with Crippen LogP contribution in [0.3, 0.4) is 0 Å². The van der Waals surface area contributed by atoms with Crippen LogP contribution in [0.4, 0.5) is 0 Å². The molecule has 114 valence electrons. The molecule has 0 aliphatic rings. The van der Waals surface area contributed by atoms with E-state index in [2.05, 4.69) is 11.6 Å². The Kier molecular flexibility index (Phi) is 7.02. The standard InChI is InChI=1S/C14H24N2O2S2/c1-4-19-8-7-12(3)16-20(17,18)14-9-13(10-15)6-5-11(14)2/h5-6,9,12,16H,4,7-8,10,15H2,1-3H3. The van der Waals surface area contributed by atoms with Gasteiger partial charge in [0.1, 0.15) is 0 Å². The highest BCUT2D eigenvalue weighted by Gasteiger charge is 2.19. The van der Waals surface area contributed by atoms with Crippen LogP contribution in [0, 0.1) is 6.92 Å². The Bertz CT molecular complexity index is 530. The number of rotatable bonds is 8. The number of sulfonamides is 1. The Morgan fingerprint density at radius 2 is 2.10 bits per heavy atom. The van der Waals surface area contributed by atoms with Gasteiger partial charge in [-0.15, -0.1) is 0 Å². The van der Waals surface area contributed by atoms with Gasteiger partial charge in [0.15, 0.2) is 0 Å². The number of benzene rings is 1. The highest BCUT2D eigenvalue weighted by atomic mass is 32.2. The van der Waals surface area contributed by atoms with Crippen molar-refractivity contribution in [1.29, 1.82) is 0 Å². The van der Waals surface area contributed by atoms with Gasteiger partial charge in [-0.3, -0.25) is 0 Å². The van der Waals surface area contributed by atoms with Crippen LogP contribution in [0.25, 0.3) is 0 Å². The molecule has 0 amide bonds. The van der Waals surface area contributed by atoms with E-state index >= 15 is 0 Å². The lowest BCUT2D eigenvalue weighted by molar-refractivity contribution is 0.556. The Labute approximate surface area is 126 Å². The van der Waals surface area contributed by atoms with Gasteiger partial charge in [0, 0.05) is 12.6 Å². The first kappa shape index (κ1) is 17.5. The van der Waals surface area contributed by atoms with Crippen LogP contribution in [-0.4, -0.2) is 26.0 Å². The molecule has 1 aromatic rings. The molecule has 0 fully saturated rings. The summed E-state index contributed by atoms with van der Waals surface area (Å²) in [5.74, 6) is 2.01. The number of thioether (sulfide) groups is 1. The van der Waals surface area contributed by atoms with Crippen LogP contribution in [0.1, 0.15) is 31.4 Å². The molecular weight excluding hydrogens is 292 g/mol. The molecule has 0 radical (unpaired) electrons. The molecule has 1 rings (SSSR count). The van der Waals surface area contributed by atoms with Crippen molar-refractivity contribution < 1.29 is 8.42 Å². The first-order valence-corrected chi connectivity index (χ1v) is 9.44. The van der Waals surface area contributed by atoms with E-state index in [1.54, 1.807) is 19.1 Å². The molecule has 0 aromatic heterocycles. The third kappa shape index (κ3) is 5.09. The fourth-order valence-electron chi connectivity index (χ4n) is 1.85. The summed E-state index contributed by atoms with van der Waals surface area (Å²) in [6, 6.07) is 5.25. The molecule has 1 unspecified atom stereocenters. The minimum Gasteiger partial charge on any atom is -0.326 e. The monoisotopic (exact) mass is 316 g/mol. The maximum atomic E-state index is 12.4. The van der Waals surface area contributed by atoms with Gasteiger partial charge in [0.25, 0.3) is 0 Å². The molecule has 0 bridgehead atoms. The summed E-state index contributed by atoms with van der Waals surface area (Å²) in [5, 5.41) is 0. The molecule has 0 aliphatic carbocycles. The molecule has 20 heavy (non-hydrogen) atoms. The highest BCUT2D eigenvalue weighted by Crippen LogP contribution is 2.18. The van der Waals surface area contributed by atoms with E-state index in [0.717, 1.165) is 29.1 Å². The first-order chi connectivity index (χ1) is 9.40. The molecular formula is C14H24N2O2S2. The average Bonchev–Trinajstić information content (AvgIpc) is 2.38. The average molecular weight is 316 g/mol. The van der Waals surface area contributed by atoms with E-state index in [4.69, 9.17) is 5.73 Å². The van der Waals surface area contributed by atoms with Gasteiger partial charge in [-0.05, 0) is 49.0 Å². The molecule has 6 heteroatoms. The predicted molar refractivity (Wildman–Crippen MR) is 86.5 cm³/mol. The summed E-state index contributed by atoms with van der Waals surface area (Å²) in [7, 11) is -3.47. The van der Waals surface area contributed by atoms with Crippen LogP contribution in [0.2, 0.25) is 0 Å². The molecule has 0 aliphatic heterocycles. The highest BCUT2D eigenvalue weighted by molar-refractivity contribution is 7.99. The van der Waals surface area contributed by atoms with Crippen molar-refractivity contribution in [2.45, 2.75) is 44.7 Å². The molecule has 0 saturated heterocycles. The summed E-state index contributed by atoms with van der Waals surface area (Å²) in [6.07, 6.45) is 0.827. The van der Waals surface area contributed by atoms with Gasteiger partial charge in [-0.2, -0.15) is 11.8 Å². The lowest BCUT2D eigenvalue weighted by Crippen LogP contribution is -2.33. The second-order valence-corrected chi connectivity index (χ2v) is 7.89. The molecule has 3 N–H and O–H groups in total. The zero-order chi connectivity index (χ0) is 15.2. The molecule has 1 aromatic carbocycles. The lowest BCUT2D eigenvalue weighted by Gasteiger charge is -2.16. The van der Waals surface area contributed by atoms with Gasteiger partial charge in [0.2, 0.25) is 10.0 Å². The number of nitrogens with two attached hydrogens (primary N) is 1. The Balaban J connectivity index is 2.83. The van der Waals surface area contributed by atoms with Crippen LogP contribution < -0.4 is 10.5 Å². The third-order valence-corrected chi connectivity index (χ3v) is 5.70. The zero-order valence-corrected chi connectivity index (χ0v) is 14.0. The van der Waals surface area contributed by atoms with Crippen LogP contribution in [0.5, 0.6) is 0 Å². The maximum absolute atomic E-state index is 12.4. The van der Waals surface area contributed by atoms with Gasteiger partial charge in [-0.1, -0.05) is 19.1 Å². The number of hydrogen-bond acceptors (Lipinski definition) is 4. The van der Waals surface area contributed by atoms with Crippen molar-refractivity contribution in [3.05, 3.63) is 29.3 Å². The Hall–Kier alpha value is -0.560. The smallest absolute Gasteiger partial charge is 0.241 e. The van der Waals surface area contributed by atoms with Crippen molar-refractivity contribution in [2.75, 3.05) is 11.5 Å². The van der Waals surface area contributed by atoms with Crippen molar-refractivity contribution in [2.24, 2.45) is 5.73 Å². The maximum Gasteiger partial charge on any atom is 0.241 e. The summed E-state index contributed by atoms with van der Waals surface area (Å²) < 4.78 is 27.6. The van der Waals surface area contributed by atoms with Crippen molar-refractivity contribution in [3.8, 4) is 0 Å². The minimum absolute atomic E-state index is 0.0695. The summed E-state index contributed by atoms with van der Waals surface area (Å²) >= 11 is 1.82. The van der Waals surface area contributed by atoms with Crippen molar-refractivity contribution >= 4 is 21.8 Å². The van der Waals surface area contributed by atoms with Gasteiger partial charge < -0.3 is 5.73 Å². The second-order valence-electron chi connectivity index (χ2n) is 4.81. The molecule has 4 nitrogen and oxygen atoms in total. The molecule has 1 atom stereocenters. The summed E-state index contributed by atoms with van der Waals surface area (Å²) in [6.45, 7) is 6.13. The molecule has 0 saturated carbocycles. The first-order valence-electron chi connectivity index (χ1n) is 6.80. The number of nitrogens with one attached hydrogen (secondary N) is 1. The predicted octanol–water partition coefficient (Wildman–Crippen LogP) is 2.26. The normalized spacial score (nSPS) is 13.4. The van der Waals surface area contributed by atoms with Crippen LogP contribution >= 0.6 is 11.8 Å². The van der Waals surface area contributed by atoms with Crippen LogP contribution in [-0.2, 0) is 16.6 Å². The van der Waals surface area contributed by atoms with Gasteiger partial charge in [0.05, 0.1) is 4.90 Å². The van der Waals surface area contributed by atoms with E-state index in [1.807, 2.05) is 24.8 Å². The largest absolute Gasteiger partial charge is 0.326 e. The fourth-order valence-corrected chi connectivity index (χ4v) is 4.23. The van der Waals surface area contributed by atoms with Gasteiger partial charge in [-0.25, -0.2) is 13.1 Å². The summed E-state index contributed by atoms with van der Waals surface area (Å²) in [4.78, 5) is 0.329. The van der Waals surface area contributed by atoms with Crippen molar-refractivity contribution in [3.63, 3.8) is 0 Å². The topological polar surface area (TPSA) is 72.2 Å². The van der Waals surface area contributed by atoms with E-state index in [0.29, 0.717) is 11.4 Å². The fraction of sp³-hybridized carbons (Fsp3) is 0.571. The number of hydrogen-bond donors (Lipinski definition) is 2. The van der Waals surface area contributed by atoms with Crippen LogP contribution in [0.15, 0.2) is 23.1 Å². The van der Waals surface area contributed by atoms with E-state index in [-0.39, 0.29) is 6.04 Å². The summed E-state index contributed by atoms with van der Waals surface area (Å²) in [5.41, 5.74) is 7.14. The van der Waals surface area contributed by atoms with E-state index < -0.39 is 10.0 Å². The Morgan fingerprint density at radius 3 is 2.70 bits per heavy atom. The number of aryl methyl sites for hydroxylation is 1. The van der Waals surface area contributed by atoms with Gasteiger partial charge >= 0.3 is 0 Å². The minimum atomic E-state index is -3.47. The third-order valence-electron chi connectivity index (χ3n) is 3.03. The SMILES string of the molecule is CCSCCC(C)NS(=O)(=O)c1cc(CN)ccc1C. The lowest BCUT2D eigenvalue weighted by atomic mass is 10.1. The quantitative estimate of drug-likeness (QED) is 0.722. The molecule has 0 heterocycles. The molecule has 0 spiro atoms. The Morgan fingerprint density at radius 1 is 1.40 bits per heavy atom. The van der Waals surface area contributed by atoms with Crippen molar-refractivity contribution in [1.82, 2.24) is 4.72 Å². The zero-order valence-electron chi connectivity index (χ0n) is 12.3. The van der Waals surface area contributed by atoms with E-state index in [9.17, 15) is 8.42 Å². The van der Waals surface area contributed by atoms with E-state index in [1.165, 1.54) is 0 Å².